The summed E-state index contributed by atoms with van der Waals surface area (Å²) < 4.78 is 2.61. The van der Waals surface area contributed by atoms with Crippen molar-refractivity contribution in [2.75, 3.05) is 0 Å². The lowest BCUT2D eigenvalue weighted by atomic mass is 9.82. The van der Waals surface area contributed by atoms with E-state index in [1.54, 1.807) is 0 Å². The van der Waals surface area contributed by atoms with Crippen molar-refractivity contribution in [3.63, 3.8) is 0 Å². The van der Waals surface area contributed by atoms with Gasteiger partial charge in [-0.25, -0.2) is 9.97 Å². The lowest BCUT2D eigenvalue weighted by molar-refractivity contribution is 0.660. The molecule has 48 heavy (non-hydrogen) atoms. The van der Waals surface area contributed by atoms with Crippen LogP contribution >= 0.6 is 11.3 Å². The summed E-state index contributed by atoms with van der Waals surface area (Å²) in [4.78, 5) is 10.7. The van der Waals surface area contributed by atoms with Gasteiger partial charge in [-0.1, -0.05) is 141 Å². The number of aromatic nitrogens is 2. The van der Waals surface area contributed by atoms with E-state index in [1.807, 2.05) is 11.3 Å². The monoisotopic (exact) mass is 630 g/mol. The summed E-state index contributed by atoms with van der Waals surface area (Å²) in [6.45, 7) is 4.67. The van der Waals surface area contributed by atoms with E-state index >= 15 is 0 Å². The molecule has 1 aliphatic carbocycles. The molecule has 10 rings (SSSR count). The highest BCUT2D eigenvalue weighted by Gasteiger charge is 2.35. The Morgan fingerprint density at radius 2 is 1.10 bits per heavy atom. The van der Waals surface area contributed by atoms with Crippen LogP contribution in [0.15, 0.2) is 146 Å². The summed E-state index contributed by atoms with van der Waals surface area (Å²) in [5.41, 5.74) is 11.9. The molecule has 2 aromatic heterocycles. The van der Waals surface area contributed by atoms with E-state index in [-0.39, 0.29) is 5.41 Å². The van der Waals surface area contributed by atoms with Gasteiger partial charge < -0.3 is 0 Å². The fraction of sp³-hybridized carbons (Fsp3) is 0.0667. The van der Waals surface area contributed by atoms with Crippen LogP contribution in [0.2, 0.25) is 0 Å². The molecule has 0 radical (unpaired) electrons. The number of hydrogen-bond donors (Lipinski definition) is 0. The molecule has 2 nitrogen and oxygen atoms in total. The van der Waals surface area contributed by atoms with Gasteiger partial charge in [-0.3, -0.25) is 0 Å². The second-order valence-corrected chi connectivity index (χ2v) is 14.4. The predicted octanol–water partition coefficient (Wildman–Crippen LogP) is 12.5. The SMILES string of the molecule is CC1(C)c2ccccc2-c2ccc(-c3nc(-c4cc5c6cccc(-c7ccccc7)c6sc5c5ccccc45)nc4ccccc34)cc21. The van der Waals surface area contributed by atoms with E-state index in [2.05, 4.69) is 159 Å². The van der Waals surface area contributed by atoms with Crippen LogP contribution in [-0.2, 0) is 5.41 Å². The summed E-state index contributed by atoms with van der Waals surface area (Å²) >= 11 is 1.88. The molecule has 226 valence electrons. The largest absolute Gasteiger partial charge is 0.228 e. The van der Waals surface area contributed by atoms with Crippen molar-refractivity contribution < 1.29 is 0 Å². The number of thiophene rings is 1. The Balaban J connectivity index is 1.23. The van der Waals surface area contributed by atoms with Gasteiger partial charge in [0.2, 0.25) is 0 Å². The molecule has 3 heteroatoms. The molecule has 0 aliphatic heterocycles. The zero-order valence-electron chi connectivity index (χ0n) is 26.7. The molecule has 9 aromatic rings. The molecule has 0 unspecified atom stereocenters. The van der Waals surface area contributed by atoms with Crippen LogP contribution in [0.3, 0.4) is 0 Å². The van der Waals surface area contributed by atoms with Gasteiger partial charge in [-0.05, 0) is 57.0 Å². The van der Waals surface area contributed by atoms with Crippen molar-refractivity contribution in [1.82, 2.24) is 9.97 Å². The topological polar surface area (TPSA) is 25.8 Å². The first-order valence-electron chi connectivity index (χ1n) is 16.5. The Kier molecular flexibility index (Phi) is 5.82. The van der Waals surface area contributed by atoms with Gasteiger partial charge in [-0.15, -0.1) is 11.3 Å². The average molecular weight is 631 g/mol. The maximum atomic E-state index is 5.44. The van der Waals surface area contributed by atoms with Crippen molar-refractivity contribution in [1.29, 1.82) is 0 Å². The second kappa shape index (κ2) is 10.2. The fourth-order valence-corrected chi connectivity index (χ4v) is 9.27. The van der Waals surface area contributed by atoms with E-state index in [1.165, 1.54) is 64.3 Å². The summed E-state index contributed by atoms with van der Waals surface area (Å²) in [5.74, 6) is 0.753. The molecule has 0 N–H and O–H groups in total. The van der Waals surface area contributed by atoms with E-state index in [0.717, 1.165) is 33.5 Å². The third-order valence-electron chi connectivity index (χ3n) is 10.3. The molecule has 1 aliphatic rings. The first-order valence-corrected chi connectivity index (χ1v) is 17.3. The number of rotatable bonds is 3. The molecule has 0 bridgehead atoms. The third-order valence-corrected chi connectivity index (χ3v) is 11.6. The number of nitrogens with zero attached hydrogens (tertiary/aromatic N) is 2. The van der Waals surface area contributed by atoms with Crippen LogP contribution in [0.4, 0.5) is 0 Å². The number of hydrogen-bond acceptors (Lipinski definition) is 3. The number of para-hydroxylation sites is 1. The predicted molar refractivity (Wildman–Crippen MR) is 204 cm³/mol. The quantitative estimate of drug-likeness (QED) is 0.194. The lowest BCUT2D eigenvalue weighted by Crippen LogP contribution is -2.15. The zero-order valence-corrected chi connectivity index (χ0v) is 27.5. The van der Waals surface area contributed by atoms with Crippen molar-refractivity contribution >= 4 is 53.2 Å². The molecule has 0 amide bonds. The minimum Gasteiger partial charge on any atom is -0.228 e. The van der Waals surface area contributed by atoms with Gasteiger partial charge in [0.25, 0.3) is 0 Å². The van der Waals surface area contributed by atoms with Crippen LogP contribution in [-0.4, -0.2) is 9.97 Å². The molecule has 0 saturated carbocycles. The van der Waals surface area contributed by atoms with E-state index in [0.29, 0.717) is 0 Å². The van der Waals surface area contributed by atoms with Crippen LogP contribution in [0.1, 0.15) is 25.0 Å². The van der Waals surface area contributed by atoms with Crippen molar-refractivity contribution in [3.05, 3.63) is 157 Å². The van der Waals surface area contributed by atoms with Gasteiger partial charge in [0.05, 0.1) is 11.2 Å². The summed E-state index contributed by atoms with van der Waals surface area (Å²) in [6.07, 6.45) is 0. The minimum atomic E-state index is -0.0898. The Morgan fingerprint density at radius 3 is 1.98 bits per heavy atom. The minimum absolute atomic E-state index is 0.0898. The molecule has 0 atom stereocenters. The lowest BCUT2D eigenvalue weighted by Gasteiger charge is -2.22. The van der Waals surface area contributed by atoms with Crippen molar-refractivity contribution in [2.45, 2.75) is 19.3 Å². The van der Waals surface area contributed by atoms with Gasteiger partial charge >= 0.3 is 0 Å². The highest BCUT2D eigenvalue weighted by atomic mass is 32.1. The van der Waals surface area contributed by atoms with Crippen LogP contribution in [0.5, 0.6) is 0 Å². The Labute approximate surface area is 283 Å². The molecule has 2 heterocycles. The smallest absolute Gasteiger partial charge is 0.161 e. The summed E-state index contributed by atoms with van der Waals surface area (Å²) in [6, 6.07) is 52.6. The van der Waals surface area contributed by atoms with Crippen molar-refractivity contribution in [2.24, 2.45) is 0 Å². The third kappa shape index (κ3) is 3.92. The van der Waals surface area contributed by atoms with Gasteiger partial charge in [0, 0.05) is 47.5 Å². The maximum absolute atomic E-state index is 5.44. The Bertz CT molecular complexity index is 2750. The number of benzene rings is 7. The highest BCUT2D eigenvalue weighted by molar-refractivity contribution is 7.27. The first kappa shape index (κ1) is 27.5. The van der Waals surface area contributed by atoms with E-state index in [9.17, 15) is 0 Å². The summed E-state index contributed by atoms with van der Waals surface area (Å²) in [5, 5.41) is 5.99. The Hall–Kier alpha value is -5.64. The molecule has 0 saturated heterocycles. The van der Waals surface area contributed by atoms with Crippen LogP contribution in [0, 0.1) is 0 Å². The molecular formula is C45H30N2S. The first-order chi connectivity index (χ1) is 23.6. The fourth-order valence-electron chi connectivity index (χ4n) is 7.92. The summed E-state index contributed by atoms with van der Waals surface area (Å²) in [7, 11) is 0. The van der Waals surface area contributed by atoms with Gasteiger partial charge in [0.15, 0.2) is 5.82 Å². The molecular weight excluding hydrogens is 601 g/mol. The highest BCUT2D eigenvalue weighted by Crippen LogP contribution is 2.50. The van der Waals surface area contributed by atoms with E-state index in [4.69, 9.17) is 9.97 Å². The maximum Gasteiger partial charge on any atom is 0.161 e. The van der Waals surface area contributed by atoms with Gasteiger partial charge in [-0.2, -0.15) is 0 Å². The standard InChI is InChI=1S/C45H30N2S/c1-45(2)38-21-10-8-16-31(38)32-24-23-28(25-39(32)45)41-35-18-9-11-22-40(35)46-44(47-41)37-26-36-34-20-12-19-29(27-13-4-3-5-14-27)42(34)48-43(36)33-17-7-6-15-30(33)37/h3-26H,1-2H3. The number of fused-ring (bicyclic) bond motifs is 9. The molecule has 0 fully saturated rings. The van der Waals surface area contributed by atoms with Gasteiger partial charge in [0.1, 0.15) is 0 Å². The van der Waals surface area contributed by atoms with Crippen LogP contribution < -0.4 is 0 Å². The van der Waals surface area contributed by atoms with Crippen molar-refractivity contribution in [3.8, 4) is 44.9 Å². The molecule has 0 spiro atoms. The molecule has 7 aromatic carbocycles. The normalized spacial score (nSPS) is 13.4. The Morgan fingerprint density at radius 1 is 0.438 bits per heavy atom. The van der Waals surface area contributed by atoms with Crippen LogP contribution in [0.25, 0.3) is 86.7 Å². The van der Waals surface area contributed by atoms with E-state index < -0.39 is 0 Å². The zero-order chi connectivity index (χ0) is 32.0. The average Bonchev–Trinajstić information content (AvgIpc) is 3.63. The second-order valence-electron chi connectivity index (χ2n) is 13.3.